The SMILES string of the molecule is COC(=O)N[C@H](C(=O)N1CCC[C@H]1c1ncc(C23CCC(c4ccc(-c5cnc([C@@H]6CSC(C7CCOCC7)N6C(=O)[C@@H](C)C(C)C)[nH]5)cc4)(CC2)CC3)[nH]1)C(C)C. The molecular formula is C45H63N7O5S. The molecule has 5 heterocycles. The van der Waals surface area contributed by atoms with Crippen LogP contribution in [0, 0.1) is 23.7 Å². The molecule has 3 amide bonds. The summed E-state index contributed by atoms with van der Waals surface area (Å²) in [5.41, 5.74) is 4.97. The van der Waals surface area contributed by atoms with Crippen molar-refractivity contribution in [2.45, 2.75) is 133 Å². The molecule has 1 aromatic carbocycles. The molecule has 2 aromatic heterocycles. The third-order valence-electron chi connectivity index (χ3n) is 14.7. The van der Waals surface area contributed by atoms with Crippen molar-refractivity contribution in [3.8, 4) is 11.3 Å². The molecule has 1 unspecified atom stereocenters. The number of H-pyrrole nitrogens is 2. The van der Waals surface area contributed by atoms with Gasteiger partial charge in [-0.2, -0.15) is 0 Å². The van der Waals surface area contributed by atoms with E-state index in [1.807, 2.05) is 42.9 Å². The number of carbonyl (C=O) groups is 3. The molecule has 13 heteroatoms. The van der Waals surface area contributed by atoms with Crippen LogP contribution in [0.5, 0.6) is 0 Å². The lowest BCUT2D eigenvalue weighted by atomic mass is 9.51. The zero-order valence-electron chi connectivity index (χ0n) is 35.2. The van der Waals surface area contributed by atoms with Crippen molar-refractivity contribution in [2.75, 3.05) is 32.6 Å². The Morgan fingerprint density at radius 3 is 2.16 bits per heavy atom. The lowest BCUT2D eigenvalue weighted by Gasteiger charge is -2.53. The summed E-state index contributed by atoms with van der Waals surface area (Å²) in [5, 5.41) is 2.91. The molecule has 3 aliphatic carbocycles. The summed E-state index contributed by atoms with van der Waals surface area (Å²) in [6.45, 7) is 12.4. The van der Waals surface area contributed by atoms with E-state index in [4.69, 9.17) is 19.4 Å². The number of ether oxygens (including phenoxy) is 2. The number of rotatable bonds is 11. The van der Waals surface area contributed by atoms with Crippen LogP contribution in [0.2, 0.25) is 0 Å². The summed E-state index contributed by atoms with van der Waals surface area (Å²) >= 11 is 1.91. The molecule has 3 aliphatic heterocycles. The van der Waals surface area contributed by atoms with Crippen LogP contribution in [0.4, 0.5) is 4.79 Å². The average Bonchev–Trinajstić information content (AvgIpc) is 4.09. The number of thioether (sulfide) groups is 1. The van der Waals surface area contributed by atoms with E-state index in [0.717, 1.165) is 106 Å². The van der Waals surface area contributed by atoms with E-state index in [0.29, 0.717) is 12.5 Å². The normalized spacial score (nSPS) is 28.7. The maximum Gasteiger partial charge on any atom is 0.407 e. The monoisotopic (exact) mass is 813 g/mol. The Morgan fingerprint density at radius 1 is 0.845 bits per heavy atom. The van der Waals surface area contributed by atoms with Gasteiger partial charge in [-0.25, -0.2) is 14.8 Å². The molecule has 5 atom stereocenters. The van der Waals surface area contributed by atoms with E-state index in [9.17, 15) is 14.4 Å². The third kappa shape index (κ3) is 7.58. The predicted octanol–water partition coefficient (Wildman–Crippen LogP) is 8.05. The number of hydrogen-bond donors (Lipinski definition) is 3. The fourth-order valence-corrected chi connectivity index (χ4v) is 12.2. The number of amides is 3. The van der Waals surface area contributed by atoms with Crippen LogP contribution in [0.3, 0.4) is 0 Å². The standard InChI is InChI=1S/C45H63N7O5S/c1-27(2)29(5)40(53)52-35(26-58-42(52)31-13-22-57-23-14-31)39-46-24-33(48-39)30-9-11-32(12-10-30)44-15-18-45(19-16-44,20-17-44)36-25-47-38(49-36)34-8-7-21-51(34)41(54)37(28(3)4)50-43(55)56-6/h9-12,24-25,27-29,31,34-35,37,42H,7-8,13-23,26H2,1-6H3,(H,46,48)(H,47,49)(H,50,55)/t29-,34-,35-,37-,42?,44?,45?/m0/s1. The fraction of sp³-hybridized carbons (Fsp3) is 0.667. The van der Waals surface area contributed by atoms with Crippen molar-refractivity contribution in [1.82, 2.24) is 35.1 Å². The number of aromatic nitrogens is 4. The van der Waals surface area contributed by atoms with Crippen LogP contribution in [-0.2, 0) is 29.9 Å². The van der Waals surface area contributed by atoms with Crippen molar-refractivity contribution in [2.24, 2.45) is 23.7 Å². The first-order chi connectivity index (χ1) is 27.9. The van der Waals surface area contributed by atoms with Gasteiger partial charge >= 0.3 is 6.09 Å². The smallest absolute Gasteiger partial charge is 0.407 e. The molecule has 6 aliphatic rings. The van der Waals surface area contributed by atoms with E-state index < -0.39 is 12.1 Å². The third-order valence-corrected chi connectivity index (χ3v) is 16.2. The second kappa shape index (κ2) is 16.7. The van der Waals surface area contributed by atoms with Crippen LogP contribution in [0.15, 0.2) is 36.7 Å². The number of nitrogens with one attached hydrogen (secondary N) is 3. The van der Waals surface area contributed by atoms with Crippen LogP contribution >= 0.6 is 11.8 Å². The summed E-state index contributed by atoms with van der Waals surface area (Å²) in [6.07, 6.45) is 13.8. The Balaban J connectivity index is 0.929. The van der Waals surface area contributed by atoms with E-state index in [2.05, 4.69) is 65.2 Å². The Morgan fingerprint density at radius 2 is 1.50 bits per heavy atom. The number of aromatic amines is 2. The number of methoxy groups -OCH3 is 1. The molecule has 58 heavy (non-hydrogen) atoms. The second-order valence-corrected chi connectivity index (χ2v) is 19.7. The fourth-order valence-electron chi connectivity index (χ4n) is 10.5. The topological polar surface area (TPSA) is 146 Å². The average molecular weight is 814 g/mol. The lowest BCUT2D eigenvalue weighted by molar-refractivity contribution is -0.140. The molecule has 0 spiro atoms. The first-order valence-corrected chi connectivity index (χ1v) is 22.9. The molecular weight excluding hydrogens is 751 g/mol. The molecule has 314 valence electrons. The van der Waals surface area contributed by atoms with Crippen LogP contribution in [0.25, 0.3) is 11.3 Å². The van der Waals surface area contributed by atoms with Gasteiger partial charge in [0.25, 0.3) is 0 Å². The van der Waals surface area contributed by atoms with Crippen molar-refractivity contribution < 1.29 is 23.9 Å². The number of benzene rings is 1. The zero-order chi connectivity index (χ0) is 40.8. The molecule has 3 saturated carbocycles. The minimum Gasteiger partial charge on any atom is -0.453 e. The van der Waals surface area contributed by atoms with Crippen molar-refractivity contribution in [3.05, 3.63) is 59.6 Å². The van der Waals surface area contributed by atoms with E-state index in [1.54, 1.807) is 0 Å². The molecule has 3 saturated heterocycles. The zero-order valence-corrected chi connectivity index (χ0v) is 36.0. The summed E-state index contributed by atoms with van der Waals surface area (Å²) in [5.74, 6) is 3.33. The Hall–Kier alpha value is -3.84. The van der Waals surface area contributed by atoms with Gasteiger partial charge < -0.3 is 34.6 Å². The summed E-state index contributed by atoms with van der Waals surface area (Å²) in [6, 6.07) is 8.31. The summed E-state index contributed by atoms with van der Waals surface area (Å²) in [4.78, 5) is 61.0. The first-order valence-electron chi connectivity index (χ1n) is 21.8. The van der Waals surface area contributed by atoms with Gasteiger partial charge in [0, 0.05) is 48.7 Å². The highest BCUT2D eigenvalue weighted by molar-refractivity contribution is 8.00. The van der Waals surface area contributed by atoms with Crippen LogP contribution < -0.4 is 5.32 Å². The maximum absolute atomic E-state index is 14.0. The van der Waals surface area contributed by atoms with Gasteiger partial charge in [-0.15, -0.1) is 11.8 Å². The van der Waals surface area contributed by atoms with Gasteiger partial charge in [-0.3, -0.25) is 9.59 Å². The summed E-state index contributed by atoms with van der Waals surface area (Å²) < 4.78 is 10.5. The number of hydrogen-bond acceptors (Lipinski definition) is 8. The molecule has 0 radical (unpaired) electrons. The lowest BCUT2D eigenvalue weighted by Crippen LogP contribution is -2.51. The first kappa shape index (κ1) is 40.9. The van der Waals surface area contributed by atoms with Gasteiger partial charge in [0.2, 0.25) is 11.8 Å². The highest BCUT2D eigenvalue weighted by Crippen LogP contribution is 2.58. The highest BCUT2D eigenvalue weighted by Gasteiger charge is 2.51. The number of imidazole rings is 2. The maximum atomic E-state index is 14.0. The predicted molar refractivity (Wildman–Crippen MR) is 225 cm³/mol. The van der Waals surface area contributed by atoms with Crippen LogP contribution in [-0.4, -0.2) is 91.7 Å². The van der Waals surface area contributed by atoms with E-state index >= 15 is 0 Å². The number of nitrogens with zero attached hydrogens (tertiary/aromatic N) is 4. The molecule has 3 aromatic rings. The van der Waals surface area contributed by atoms with E-state index in [-0.39, 0.29) is 57.9 Å². The van der Waals surface area contributed by atoms with E-state index in [1.165, 1.54) is 18.4 Å². The van der Waals surface area contributed by atoms with Gasteiger partial charge in [-0.05, 0) is 98.5 Å². The Kier molecular flexibility index (Phi) is 11.8. The molecule has 6 fully saturated rings. The molecule has 12 nitrogen and oxygen atoms in total. The molecule has 9 rings (SSSR count). The van der Waals surface area contributed by atoms with Crippen molar-refractivity contribution >= 4 is 29.7 Å². The highest BCUT2D eigenvalue weighted by atomic mass is 32.2. The summed E-state index contributed by atoms with van der Waals surface area (Å²) in [7, 11) is 1.32. The number of likely N-dealkylation sites (tertiary alicyclic amines) is 1. The number of carbonyl (C=O) groups excluding carboxylic acids is 3. The Labute approximate surface area is 347 Å². The van der Waals surface area contributed by atoms with Crippen LogP contribution in [0.1, 0.15) is 134 Å². The number of fused-ring (bicyclic) bond motifs is 3. The molecule has 3 N–H and O–H groups in total. The Bertz CT molecular complexity index is 1910. The minimum atomic E-state index is -0.648. The molecule has 2 bridgehead atoms. The van der Waals surface area contributed by atoms with Gasteiger partial charge in [0.1, 0.15) is 17.7 Å². The van der Waals surface area contributed by atoms with Gasteiger partial charge in [0.05, 0.1) is 36.5 Å². The number of alkyl carbamates (subject to hydrolysis) is 1. The van der Waals surface area contributed by atoms with Crippen molar-refractivity contribution in [3.63, 3.8) is 0 Å². The minimum absolute atomic E-state index is 0.0476. The van der Waals surface area contributed by atoms with Gasteiger partial charge in [0.15, 0.2) is 0 Å². The largest absolute Gasteiger partial charge is 0.453 e. The second-order valence-electron chi connectivity index (χ2n) is 18.5. The quantitative estimate of drug-likeness (QED) is 0.176. The van der Waals surface area contributed by atoms with Crippen molar-refractivity contribution in [1.29, 1.82) is 0 Å². The van der Waals surface area contributed by atoms with Gasteiger partial charge in [-0.1, -0.05) is 58.9 Å².